The summed E-state index contributed by atoms with van der Waals surface area (Å²) in [4.78, 5) is 8.69. The first-order valence-electron chi connectivity index (χ1n) is 8.03. The summed E-state index contributed by atoms with van der Waals surface area (Å²) < 4.78 is 5.62. The van der Waals surface area contributed by atoms with E-state index in [1.54, 1.807) is 18.3 Å². The number of rotatable bonds is 5. The Hall–Kier alpha value is -1.68. The van der Waals surface area contributed by atoms with Crippen LogP contribution in [-0.4, -0.2) is 66.0 Å². The molecule has 1 unspecified atom stereocenters. The van der Waals surface area contributed by atoms with Crippen molar-refractivity contribution in [2.45, 2.75) is 32.5 Å². The highest BCUT2D eigenvalue weighted by Crippen LogP contribution is 2.18. The highest BCUT2D eigenvalue weighted by Gasteiger charge is 2.22. The summed E-state index contributed by atoms with van der Waals surface area (Å²) in [5.74, 6) is 0.756. The maximum absolute atomic E-state index is 10.1. The van der Waals surface area contributed by atoms with Gasteiger partial charge >= 0.3 is 0 Å². The molecule has 0 bridgehead atoms. The third kappa shape index (κ3) is 5.47. The summed E-state index contributed by atoms with van der Waals surface area (Å²) in [5, 5.41) is 19.3. The average Bonchev–Trinajstić information content (AvgIpc) is 2.53. The van der Waals surface area contributed by atoms with Crippen LogP contribution in [0, 0.1) is 11.3 Å². The van der Waals surface area contributed by atoms with Crippen molar-refractivity contribution in [2.24, 2.45) is 0 Å². The van der Waals surface area contributed by atoms with Crippen LogP contribution >= 0.6 is 0 Å². The summed E-state index contributed by atoms with van der Waals surface area (Å²) in [6, 6.07) is 5.77. The van der Waals surface area contributed by atoms with Gasteiger partial charge in [0.2, 0.25) is 0 Å². The van der Waals surface area contributed by atoms with Crippen molar-refractivity contribution in [3.8, 4) is 6.07 Å². The van der Waals surface area contributed by atoms with Crippen molar-refractivity contribution in [3.05, 3.63) is 23.9 Å². The van der Waals surface area contributed by atoms with Gasteiger partial charge < -0.3 is 14.7 Å². The van der Waals surface area contributed by atoms with Gasteiger partial charge in [0.25, 0.3) is 0 Å². The minimum absolute atomic E-state index is 0.230. The molecule has 1 aromatic rings. The predicted octanol–water partition coefficient (Wildman–Crippen LogP) is 1.25. The smallest absolute Gasteiger partial charge is 0.146 e. The molecule has 1 aromatic heterocycles. The molecule has 1 N–H and O–H groups in total. The normalized spacial score (nSPS) is 17.8. The third-order valence-electron chi connectivity index (χ3n) is 3.76. The molecule has 126 valence electrons. The zero-order valence-corrected chi connectivity index (χ0v) is 14.2. The SMILES string of the molecule is CC(C)(C)OCC(O)CN1CCN(c2ncccc2C#N)CC1. The van der Waals surface area contributed by atoms with E-state index in [1.165, 1.54) is 0 Å². The fourth-order valence-electron chi connectivity index (χ4n) is 2.58. The largest absolute Gasteiger partial charge is 0.389 e. The van der Waals surface area contributed by atoms with E-state index in [0.717, 1.165) is 32.0 Å². The van der Waals surface area contributed by atoms with E-state index in [2.05, 4.69) is 20.9 Å². The molecule has 1 atom stereocenters. The van der Waals surface area contributed by atoms with Gasteiger partial charge in [-0.15, -0.1) is 0 Å². The van der Waals surface area contributed by atoms with E-state index in [9.17, 15) is 10.4 Å². The molecule has 0 amide bonds. The van der Waals surface area contributed by atoms with Gasteiger partial charge in [-0.2, -0.15) is 5.26 Å². The first-order chi connectivity index (χ1) is 10.9. The zero-order valence-electron chi connectivity index (χ0n) is 14.2. The van der Waals surface area contributed by atoms with E-state index >= 15 is 0 Å². The summed E-state index contributed by atoms with van der Waals surface area (Å²) in [5.41, 5.74) is 0.381. The highest BCUT2D eigenvalue weighted by molar-refractivity contribution is 5.53. The van der Waals surface area contributed by atoms with Gasteiger partial charge in [0, 0.05) is 38.9 Å². The summed E-state index contributed by atoms with van der Waals surface area (Å²) >= 11 is 0. The van der Waals surface area contributed by atoms with Crippen LogP contribution in [0.5, 0.6) is 0 Å². The van der Waals surface area contributed by atoms with E-state index < -0.39 is 6.10 Å². The summed E-state index contributed by atoms with van der Waals surface area (Å²) in [6.45, 7) is 10.2. The molecule has 1 saturated heterocycles. The van der Waals surface area contributed by atoms with Gasteiger partial charge in [-0.25, -0.2) is 4.98 Å². The molecule has 23 heavy (non-hydrogen) atoms. The zero-order chi connectivity index (χ0) is 16.9. The highest BCUT2D eigenvalue weighted by atomic mass is 16.5. The van der Waals surface area contributed by atoms with E-state index in [4.69, 9.17) is 4.74 Å². The van der Waals surface area contributed by atoms with Crippen LogP contribution in [-0.2, 0) is 4.74 Å². The number of hydrogen-bond donors (Lipinski definition) is 1. The van der Waals surface area contributed by atoms with Gasteiger partial charge in [-0.3, -0.25) is 4.90 Å². The minimum Gasteiger partial charge on any atom is -0.389 e. The summed E-state index contributed by atoms with van der Waals surface area (Å²) in [7, 11) is 0. The maximum Gasteiger partial charge on any atom is 0.146 e. The second kappa shape index (κ2) is 7.73. The van der Waals surface area contributed by atoms with Gasteiger partial charge in [0.15, 0.2) is 0 Å². The van der Waals surface area contributed by atoms with Crippen molar-refractivity contribution in [2.75, 3.05) is 44.2 Å². The van der Waals surface area contributed by atoms with Crippen LogP contribution in [0.4, 0.5) is 5.82 Å². The second-order valence-corrected chi connectivity index (χ2v) is 6.85. The molecule has 0 spiro atoms. The number of pyridine rings is 1. The molecule has 6 heteroatoms. The molecule has 2 heterocycles. The fraction of sp³-hybridized carbons (Fsp3) is 0.647. The number of aliphatic hydroxyl groups excluding tert-OH is 1. The van der Waals surface area contributed by atoms with E-state index in [-0.39, 0.29) is 5.60 Å². The molecule has 0 radical (unpaired) electrons. The van der Waals surface area contributed by atoms with Crippen molar-refractivity contribution in [1.82, 2.24) is 9.88 Å². The maximum atomic E-state index is 10.1. The standard InChI is InChI=1S/C17H26N4O2/c1-17(2,3)23-13-15(22)12-20-7-9-21(10-8-20)16-14(11-18)5-4-6-19-16/h4-6,15,22H,7-10,12-13H2,1-3H3. The fourth-order valence-corrected chi connectivity index (χ4v) is 2.58. The Bertz CT molecular complexity index is 542. The number of aromatic nitrogens is 1. The lowest BCUT2D eigenvalue weighted by Gasteiger charge is -2.36. The lowest BCUT2D eigenvalue weighted by molar-refractivity contribution is -0.0563. The van der Waals surface area contributed by atoms with Crippen LogP contribution in [0.15, 0.2) is 18.3 Å². The molecular weight excluding hydrogens is 292 g/mol. The topological polar surface area (TPSA) is 72.6 Å². The number of nitriles is 1. The number of ether oxygens (including phenoxy) is 1. The Kier molecular flexibility index (Phi) is 5.94. The van der Waals surface area contributed by atoms with E-state index in [1.807, 2.05) is 20.8 Å². The first kappa shape index (κ1) is 17.7. The van der Waals surface area contributed by atoms with Gasteiger partial charge in [-0.1, -0.05) is 0 Å². The van der Waals surface area contributed by atoms with Crippen LogP contribution in [0.1, 0.15) is 26.3 Å². The number of nitrogens with zero attached hydrogens (tertiary/aromatic N) is 4. The number of hydrogen-bond acceptors (Lipinski definition) is 6. The second-order valence-electron chi connectivity index (χ2n) is 6.85. The lowest BCUT2D eigenvalue weighted by atomic mass is 10.2. The van der Waals surface area contributed by atoms with Gasteiger partial charge in [0.1, 0.15) is 11.9 Å². The van der Waals surface area contributed by atoms with Crippen LogP contribution < -0.4 is 4.90 Å². The Labute approximate surface area is 138 Å². The summed E-state index contributed by atoms with van der Waals surface area (Å²) in [6.07, 6.45) is 1.24. The third-order valence-corrected chi connectivity index (χ3v) is 3.76. The van der Waals surface area contributed by atoms with Crippen molar-refractivity contribution in [1.29, 1.82) is 5.26 Å². The predicted molar refractivity (Wildman–Crippen MR) is 89.3 cm³/mol. The Balaban J connectivity index is 1.81. The Morgan fingerprint density at radius 2 is 2.04 bits per heavy atom. The van der Waals surface area contributed by atoms with Crippen LogP contribution in [0.2, 0.25) is 0 Å². The number of β-amino-alcohol motifs (C(OH)–C–C–N with tert-alkyl or cyclic N) is 1. The van der Waals surface area contributed by atoms with Gasteiger partial charge in [-0.05, 0) is 32.9 Å². The molecule has 1 aliphatic rings. The Morgan fingerprint density at radius 3 is 2.65 bits per heavy atom. The quantitative estimate of drug-likeness (QED) is 0.881. The molecule has 0 saturated carbocycles. The molecule has 1 aliphatic heterocycles. The van der Waals surface area contributed by atoms with Crippen LogP contribution in [0.3, 0.4) is 0 Å². The first-order valence-corrected chi connectivity index (χ1v) is 8.03. The van der Waals surface area contributed by atoms with Crippen molar-refractivity contribution < 1.29 is 9.84 Å². The van der Waals surface area contributed by atoms with Crippen molar-refractivity contribution in [3.63, 3.8) is 0 Å². The lowest BCUT2D eigenvalue weighted by Crippen LogP contribution is -2.49. The minimum atomic E-state index is -0.481. The number of aliphatic hydroxyl groups is 1. The van der Waals surface area contributed by atoms with E-state index in [0.29, 0.717) is 18.7 Å². The average molecular weight is 318 g/mol. The van der Waals surface area contributed by atoms with Gasteiger partial charge in [0.05, 0.1) is 23.9 Å². The Morgan fingerprint density at radius 1 is 1.35 bits per heavy atom. The molecular formula is C17H26N4O2. The van der Waals surface area contributed by atoms with Crippen LogP contribution in [0.25, 0.3) is 0 Å². The monoisotopic (exact) mass is 318 g/mol. The molecule has 1 fully saturated rings. The van der Waals surface area contributed by atoms with Crippen molar-refractivity contribution >= 4 is 5.82 Å². The molecule has 2 rings (SSSR count). The molecule has 0 aromatic carbocycles. The molecule has 6 nitrogen and oxygen atoms in total. The number of anilines is 1. The number of piperazine rings is 1. The molecule has 0 aliphatic carbocycles.